The molecule has 0 fully saturated rings. The number of halogens is 1. The molecule has 0 saturated carbocycles. The van der Waals surface area contributed by atoms with Crippen molar-refractivity contribution >= 4 is 11.6 Å². The van der Waals surface area contributed by atoms with Gasteiger partial charge in [-0.25, -0.2) is 4.39 Å². The molecule has 1 rings (SSSR count). The lowest BCUT2D eigenvalue weighted by Gasteiger charge is -2.30. The number of nitrogens with one attached hydrogen (secondary N) is 1. The van der Waals surface area contributed by atoms with Gasteiger partial charge >= 0.3 is 0 Å². The van der Waals surface area contributed by atoms with Gasteiger partial charge in [0.25, 0.3) is 0 Å². The lowest BCUT2D eigenvalue weighted by atomic mass is 9.96. The maximum atomic E-state index is 12.9. The van der Waals surface area contributed by atoms with Crippen LogP contribution in [-0.2, 0) is 4.79 Å². The molecule has 0 aliphatic heterocycles. The minimum absolute atomic E-state index is 0.256. The van der Waals surface area contributed by atoms with Gasteiger partial charge in [-0.2, -0.15) is 0 Å². The maximum absolute atomic E-state index is 12.9. The summed E-state index contributed by atoms with van der Waals surface area (Å²) >= 11 is 0. The minimum atomic E-state index is -0.718. The second kappa shape index (κ2) is 7.24. The molecule has 1 aromatic rings. The average Bonchev–Trinajstić information content (AvgIpc) is 2.43. The van der Waals surface area contributed by atoms with Crippen molar-refractivity contribution in [2.75, 3.05) is 25.0 Å². The van der Waals surface area contributed by atoms with Crippen molar-refractivity contribution in [1.29, 1.82) is 0 Å². The third-order valence-electron chi connectivity index (χ3n) is 3.52. The topological polar surface area (TPSA) is 58.4 Å². The number of nitrogens with two attached hydrogens (primary N) is 1. The first-order chi connectivity index (χ1) is 9.39. The summed E-state index contributed by atoms with van der Waals surface area (Å²) < 4.78 is 12.9. The molecule has 5 heteroatoms. The molecule has 0 spiro atoms. The molecule has 20 heavy (non-hydrogen) atoms. The Labute approximate surface area is 120 Å². The van der Waals surface area contributed by atoms with Crippen molar-refractivity contribution in [3.63, 3.8) is 0 Å². The number of amides is 1. The van der Waals surface area contributed by atoms with Gasteiger partial charge in [0.2, 0.25) is 5.91 Å². The van der Waals surface area contributed by atoms with Crippen LogP contribution in [0, 0.1) is 5.82 Å². The van der Waals surface area contributed by atoms with E-state index in [1.54, 1.807) is 12.1 Å². The number of hydrogen-bond donors (Lipinski definition) is 2. The van der Waals surface area contributed by atoms with Gasteiger partial charge in [0.05, 0.1) is 5.54 Å². The smallest absolute Gasteiger partial charge is 0.237 e. The van der Waals surface area contributed by atoms with Gasteiger partial charge in [-0.3, -0.25) is 4.79 Å². The second-order valence-electron chi connectivity index (χ2n) is 5.27. The monoisotopic (exact) mass is 281 g/mol. The van der Waals surface area contributed by atoms with Crippen LogP contribution in [0.5, 0.6) is 0 Å². The number of benzene rings is 1. The zero-order chi connectivity index (χ0) is 15.2. The van der Waals surface area contributed by atoms with Crippen LogP contribution in [0.1, 0.15) is 26.7 Å². The molecule has 3 N–H and O–H groups in total. The summed E-state index contributed by atoms with van der Waals surface area (Å²) in [5.41, 5.74) is 5.68. The van der Waals surface area contributed by atoms with Crippen molar-refractivity contribution in [3.05, 3.63) is 30.1 Å². The number of primary amides is 1. The largest absolute Gasteiger partial charge is 0.375 e. The molecule has 0 heterocycles. The molecule has 1 atom stereocenters. The summed E-state index contributed by atoms with van der Waals surface area (Å²) in [6.07, 6.45) is 1.53. The Morgan fingerprint density at radius 2 is 2.00 bits per heavy atom. The zero-order valence-corrected chi connectivity index (χ0v) is 12.4. The first-order valence-electron chi connectivity index (χ1n) is 6.90. The molecule has 0 aliphatic rings. The van der Waals surface area contributed by atoms with Crippen molar-refractivity contribution in [1.82, 2.24) is 5.32 Å². The number of rotatable bonds is 8. The molecule has 1 unspecified atom stereocenters. The summed E-state index contributed by atoms with van der Waals surface area (Å²) in [5, 5.41) is 3.20. The van der Waals surface area contributed by atoms with E-state index in [0.717, 1.165) is 18.7 Å². The van der Waals surface area contributed by atoms with E-state index in [9.17, 15) is 9.18 Å². The molecular formula is C15H24FN3O. The Morgan fingerprint density at radius 3 is 2.50 bits per heavy atom. The lowest BCUT2D eigenvalue weighted by molar-refractivity contribution is -0.124. The van der Waals surface area contributed by atoms with Crippen molar-refractivity contribution < 1.29 is 9.18 Å². The van der Waals surface area contributed by atoms with E-state index in [-0.39, 0.29) is 11.7 Å². The van der Waals surface area contributed by atoms with Crippen molar-refractivity contribution in [3.8, 4) is 0 Å². The maximum Gasteiger partial charge on any atom is 0.237 e. The Hall–Kier alpha value is -1.62. The summed E-state index contributed by atoms with van der Waals surface area (Å²) in [6.45, 7) is 5.27. The van der Waals surface area contributed by atoms with Gasteiger partial charge in [0.15, 0.2) is 0 Å². The van der Waals surface area contributed by atoms with Crippen LogP contribution in [0.3, 0.4) is 0 Å². The molecule has 0 aliphatic carbocycles. The molecule has 0 bridgehead atoms. The number of nitrogens with zero attached hydrogens (tertiary/aromatic N) is 1. The first kappa shape index (κ1) is 16.4. The summed E-state index contributed by atoms with van der Waals surface area (Å²) in [5.74, 6) is -0.604. The lowest BCUT2D eigenvalue weighted by Crippen LogP contribution is -2.54. The van der Waals surface area contributed by atoms with Gasteiger partial charge in [-0.15, -0.1) is 0 Å². The summed E-state index contributed by atoms with van der Waals surface area (Å²) in [7, 11) is 1.91. The number of carbonyl (C=O) groups is 1. The normalized spacial score (nSPS) is 13.8. The van der Waals surface area contributed by atoms with Crippen LogP contribution < -0.4 is 16.0 Å². The van der Waals surface area contributed by atoms with Gasteiger partial charge in [0.1, 0.15) is 5.82 Å². The molecule has 4 nitrogen and oxygen atoms in total. The average molecular weight is 281 g/mol. The van der Waals surface area contributed by atoms with E-state index in [2.05, 4.69) is 5.32 Å². The molecule has 1 aromatic carbocycles. The van der Waals surface area contributed by atoms with Crippen molar-refractivity contribution in [2.45, 2.75) is 32.2 Å². The molecule has 0 aromatic heterocycles. The fraction of sp³-hybridized carbons (Fsp3) is 0.533. The predicted molar refractivity (Wildman–Crippen MR) is 80.2 cm³/mol. The van der Waals surface area contributed by atoms with E-state index >= 15 is 0 Å². The highest BCUT2D eigenvalue weighted by Gasteiger charge is 2.30. The Bertz CT molecular complexity index is 435. The SMILES string of the molecule is CCCNC(C)(CCN(C)c1ccc(F)cc1)C(N)=O. The summed E-state index contributed by atoms with van der Waals surface area (Å²) in [6, 6.07) is 6.29. The number of anilines is 1. The van der Waals surface area contributed by atoms with Gasteiger partial charge in [0, 0.05) is 19.3 Å². The van der Waals surface area contributed by atoms with Crippen LogP contribution >= 0.6 is 0 Å². The number of hydrogen-bond acceptors (Lipinski definition) is 3. The van der Waals surface area contributed by atoms with Crippen LogP contribution in [0.25, 0.3) is 0 Å². The first-order valence-corrected chi connectivity index (χ1v) is 6.90. The highest BCUT2D eigenvalue weighted by atomic mass is 19.1. The highest BCUT2D eigenvalue weighted by Crippen LogP contribution is 2.16. The molecule has 0 saturated heterocycles. The highest BCUT2D eigenvalue weighted by molar-refractivity contribution is 5.84. The second-order valence-corrected chi connectivity index (χ2v) is 5.27. The Morgan fingerprint density at radius 1 is 1.40 bits per heavy atom. The zero-order valence-electron chi connectivity index (χ0n) is 12.4. The summed E-state index contributed by atoms with van der Waals surface area (Å²) in [4.78, 5) is 13.6. The quantitative estimate of drug-likeness (QED) is 0.765. The predicted octanol–water partition coefficient (Wildman–Crippen LogP) is 1.90. The van der Waals surface area contributed by atoms with Gasteiger partial charge in [-0.1, -0.05) is 6.92 Å². The van der Waals surface area contributed by atoms with E-state index in [1.807, 2.05) is 25.8 Å². The molecule has 112 valence electrons. The van der Waals surface area contributed by atoms with Gasteiger partial charge in [-0.05, 0) is 50.6 Å². The van der Waals surface area contributed by atoms with Crippen LogP contribution in [0.4, 0.5) is 10.1 Å². The molecule has 1 amide bonds. The minimum Gasteiger partial charge on any atom is -0.375 e. The van der Waals surface area contributed by atoms with Crippen molar-refractivity contribution in [2.24, 2.45) is 5.73 Å². The molecule has 0 radical (unpaired) electrons. The van der Waals surface area contributed by atoms with E-state index in [1.165, 1.54) is 12.1 Å². The Balaban J connectivity index is 2.62. The fourth-order valence-corrected chi connectivity index (χ4v) is 1.92. The third-order valence-corrected chi connectivity index (χ3v) is 3.52. The van der Waals surface area contributed by atoms with Crippen LogP contribution in [0.2, 0.25) is 0 Å². The third kappa shape index (κ3) is 4.49. The van der Waals surface area contributed by atoms with E-state index in [0.29, 0.717) is 13.0 Å². The molecular weight excluding hydrogens is 257 g/mol. The fourth-order valence-electron chi connectivity index (χ4n) is 1.92. The van der Waals surface area contributed by atoms with Crippen LogP contribution in [0.15, 0.2) is 24.3 Å². The van der Waals surface area contributed by atoms with Crippen LogP contribution in [-0.4, -0.2) is 31.6 Å². The van der Waals surface area contributed by atoms with Gasteiger partial charge < -0.3 is 16.0 Å². The van der Waals surface area contributed by atoms with E-state index < -0.39 is 5.54 Å². The standard InChI is InChI=1S/C15H24FN3O/c1-4-10-18-15(2,14(17)20)9-11-19(3)13-7-5-12(16)6-8-13/h5-8,18H,4,9-11H2,1-3H3,(H2,17,20). The van der Waals surface area contributed by atoms with E-state index in [4.69, 9.17) is 5.73 Å². The number of carbonyl (C=O) groups excluding carboxylic acids is 1. The Kier molecular flexibility index (Phi) is 5.95.